The Morgan fingerprint density at radius 1 is 1.19 bits per heavy atom. The molecule has 1 saturated carbocycles. The molecule has 0 saturated heterocycles. The SMILES string of the molecule is CCCCCCOC(=O)NC(CC1CCCCC1)C(=O)O. The van der Waals surface area contributed by atoms with E-state index >= 15 is 0 Å². The summed E-state index contributed by atoms with van der Waals surface area (Å²) in [7, 11) is 0. The van der Waals surface area contributed by atoms with Crippen LogP contribution in [0, 0.1) is 5.92 Å². The van der Waals surface area contributed by atoms with Gasteiger partial charge in [0.1, 0.15) is 6.04 Å². The largest absolute Gasteiger partial charge is 0.480 e. The van der Waals surface area contributed by atoms with Gasteiger partial charge in [-0.3, -0.25) is 0 Å². The Morgan fingerprint density at radius 2 is 1.90 bits per heavy atom. The molecular formula is C16H29NO4. The first-order valence-corrected chi connectivity index (χ1v) is 8.29. The third-order valence-electron chi connectivity index (χ3n) is 4.12. The molecule has 0 aromatic rings. The second-order valence-corrected chi connectivity index (χ2v) is 5.97. The maximum absolute atomic E-state index is 11.6. The van der Waals surface area contributed by atoms with Crippen LogP contribution in [0.25, 0.3) is 0 Å². The lowest BCUT2D eigenvalue weighted by Crippen LogP contribution is -2.42. The molecule has 1 fully saturated rings. The zero-order chi connectivity index (χ0) is 15.5. The number of alkyl carbamates (subject to hydrolysis) is 1. The van der Waals surface area contributed by atoms with Crippen molar-refractivity contribution in [1.82, 2.24) is 5.32 Å². The van der Waals surface area contributed by atoms with Gasteiger partial charge >= 0.3 is 12.1 Å². The Kier molecular flexibility index (Phi) is 8.87. The molecule has 122 valence electrons. The van der Waals surface area contributed by atoms with E-state index in [0.29, 0.717) is 18.9 Å². The second-order valence-electron chi connectivity index (χ2n) is 5.97. The third-order valence-corrected chi connectivity index (χ3v) is 4.12. The van der Waals surface area contributed by atoms with Crippen molar-refractivity contribution in [3.8, 4) is 0 Å². The molecule has 0 aromatic heterocycles. The Balaban J connectivity index is 2.25. The van der Waals surface area contributed by atoms with Gasteiger partial charge in [-0.15, -0.1) is 0 Å². The molecule has 0 heterocycles. The first kappa shape index (κ1) is 17.8. The molecule has 21 heavy (non-hydrogen) atoms. The Labute approximate surface area is 127 Å². The molecule has 5 heteroatoms. The van der Waals surface area contributed by atoms with E-state index in [1.165, 1.54) is 19.3 Å². The summed E-state index contributed by atoms with van der Waals surface area (Å²) >= 11 is 0. The number of aliphatic carboxylic acids is 1. The smallest absolute Gasteiger partial charge is 0.407 e. The van der Waals surface area contributed by atoms with Gasteiger partial charge < -0.3 is 15.2 Å². The summed E-state index contributed by atoms with van der Waals surface area (Å²) in [6.45, 7) is 2.48. The molecule has 0 aliphatic heterocycles. The summed E-state index contributed by atoms with van der Waals surface area (Å²) in [5.74, 6) is -0.562. The monoisotopic (exact) mass is 299 g/mol. The highest BCUT2D eigenvalue weighted by atomic mass is 16.5. The van der Waals surface area contributed by atoms with Crippen LogP contribution in [0.3, 0.4) is 0 Å². The van der Waals surface area contributed by atoms with E-state index in [1.54, 1.807) is 0 Å². The van der Waals surface area contributed by atoms with Crippen molar-refractivity contribution in [2.45, 2.75) is 77.2 Å². The minimum Gasteiger partial charge on any atom is -0.480 e. The van der Waals surface area contributed by atoms with Crippen LogP contribution in [0.2, 0.25) is 0 Å². The summed E-state index contributed by atoms with van der Waals surface area (Å²) < 4.78 is 5.05. The normalized spacial score (nSPS) is 17.2. The van der Waals surface area contributed by atoms with Crippen LogP contribution in [0.1, 0.15) is 71.1 Å². The minimum absolute atomic E-state index is 0.363. The van der Waals surface area contributed by atoms with Gasteiger partial charge in [-0.25, -0.2) is 9.59 Å². The Morgan fingerprint density at radius 3 is 2.52 bits per heavy atom. The minimum atomic E-state index is -0.969. The van der Waals surface area contributed by atoms with Crippen LogP contribution in [0.15, 0.2) is 0 Å². The summed E-state index contributed by atoms with van der Waals surface area (Å²) in [5, 5.41) is 11.7. The number of unbranched alkanes of at least 4 members (excludes halogenated alkanes) is 3. The van der Waals surface area contributed by atoms with Gasteiger partial charge in [-0.05, 0) is 18.8 Å². The van der Waals surface area contributed by atoms with E-state index in [4.69, 9.17) is 4.74 Å². The molecule has 2 N–H and O–H groups in total. The van der Waals surface area contributed by atoms with Gasteiger partial charge in [0.05, 0.1) is 6.61 Å². The second kappa shape index (κ2) is 10.5. The van der Waals surface area contributed by atoms with Crippen LogP contribution in [-0.4, -0.2) is 29.8 Å². The van der Waals surface area contributed by atoms with E-state index in [9.17, 15) is 14.7 Å². The summed E-state index contributed by atoms with van der Waals surface area (Å²) in [6, 6.07) is -0.823. The zero-order valence-electron chi connectivity index (χ0n) is 13.1. The summed E-state index contributed by atoms with van der Waals surface area (Å²) in [5.41, 5.74) is 0. The van der Waals surface area contributed by atoms with Gasteiger partial charge in [0, 0.05) is 0 Å². The van der Waals surface area contributed by atoms with Gasteiger partial charge in [-0.1, -0.05) is 58.3 Å². The van der Waals surface area contributed by atoms with Crippen molar-refractivity contribution in [3.63, 3.8) is 0 Å². The molecule has 1 aliphatic carbocycles. The van der Waals surface area contributed by atoms with Crippen LogP contribution in [-0.2, 0) is 9.53 Å². The van der Waals surface area contributed by atoms with Crippen molar-refractivity contribution in [2.75, 3.05) is 6.61 Å². The first-order valence-electron chi connectivity index (χ1n) is 8.29. The summed E-state index contributed by atoms with van der Waals surface area (Å²) in [6.07, 6.45) is 9.75. The number of ether oxygens (including phenoxy) is 1. The molecule has 1 aliphatic rings. The van der Waals surface area contributed by atoms with Crippen molar-refractivity contribution in [2.24, 2.45) is 5.92 Å². The van der Waals surface area contributed by atoms with Crippen LogP contribution < -0.4 is 5.32 Å². The maximum atomic E-state index is 11.6. The number of carboxylic acids is 1. The van der Waals surface area contributed by atoms with E-state index in [2.05, 4.69) is 12.2 Å². The Hall–Kier alpha value is -1.26. The lowest BCUT2D eigenvalue weighted by atomic mass is 9.85. The predicted molar refractivity (Wildman–Crippen MR) is 81.2 cm³/mol. The molecule has 1 atom stereocenters. The first-order chi connectivity index (χ1) is 10.1. The van der Waals surface area contributed by atoms with E-state index < -0.39 is 18.1 Å². The van der Waals surface area contributed by atoms with Crippen molar-refractivity contribution in [3.05, 3.63) is 0 Å². The van der Waals surface area contributed by atoms with Gasteiger partial charge in [0.2, 0.25) is 0 Å². The topological polar surface area (TPSA) is 75.6 Å². The highest BCUT2D eigenvalue weighted by Gasteiger charge is 2.25. The number of carbonyl (C=O) groups is 2. The average Bonchev–Trinajstić information content (AvgIpc) is 2.47. The molecule has 0 aromatic carbocycles. The highest BCUT2D eigenvalue weighted by Crippen LogP contribution is 2.27. The van der Waals surface area contributed by atoms with Crippen LogP contribution in [0.4, 0.5) is 4.79 Å². The van der Waals surface area contributed by atoms with Crippen LogP contribution >= 0.6 is 0 Å². The molecule has 0 radical (unpaired) electrons. The maximum Gasteiger partial charge on any atom is 0.407 e. The van der Waals surface area contributed by atoms with Gasteiger partial charge in [-0.2, -0.15) is 0 Å². The molecule has 0 bridgehead atoms. The zero-order valence-corrected chi connectivity index (χ0v) is 13.1. The van der Waals surface area contributed by atoms with Crippen molar-refractivity contribution < 1.29 is 19.4 Å². The number of hydrogen-bond donors (Lipinski definition) is 2. The molecule has 5 nitrogen and oxygen atoms in total. The number of amides is 1. The lowest BCUT2D eigenvalue weighted by Gasteiger charge is -2.24. The fourth-order valence-electron chi connectivity index (χ4n) is 2.86. The molecule has 1 amide bonds. The quantitative estimate of drug-likeness (QED) is 0.636. The van der Waals surface area contributed by atoms with Crippen molar-refractivity contribution >= 4 is 12.1 Å². The standard InChI is InChI=1S/C16H29NO4/c1-2-3-4-8-11-21-16(20)17-14(15(18)19)12-13-9-6-5-7-10-13/h13-14H,2-12H2,1H3,(H,17,20)(H,18,19). The number of hydrogen-bond acceptors (Lipinski definition) is 3. The fraction of sp³-hybridized carbons (Fsp3) is 0.875. The number of rotatable bonds is 9. The van der Waals surface area contributed by atoms with Gasteiger partial charge in [0.15, 0.2) is 0 Å². The molecule has 0 spiro atoms. The van der Waals surface area contributed by atoms with Gasteiger partial charge in [0.25, 0.3) is 0 Å². The van der Waals surface area contributed by atoms with Crippen LogP contribution in [0.5, 0.6) is 0 Å². The van der Waals surface area contributed by atoms with Crippen molar-refractivity contribution in [1.29, 1.82) is 0 Å². The summed E-state index contributed by atoms with van der Waals surface area (Å²) in [4.78, 5) is 22.9. The Bertz CT molecular complexity index is 313. The lowest BCUT2D eigenvalue weighted by molar-refractivity contribution is -0.139. The van der Waals surface area contributed by atoms with E-state index in [0.717, 1.165) is 38.5 Å². The fourth-order valence-corrected chi connectivity index (χ4v) is 2.86. The number of carboxylic acid groups (broad SMARTS) is 1. The molecule has 1 rings (SSSR count). The van der Waals surface area contributed by atoms with E-state index in [1.807, 2.05) is 0 Å². The number of carbonyl (C=O) groups excluding carboxylic acids is 1. The number of nitrogens with one attached hydrogen (secondary N) is 1. The molecular weight excluding hydrogens is 270 g/mol. The third kappa shape index (κ3) is 7.93. The van der Waals surface area contributed by atoms with E-state index in [-0.39, 0.29) is 0 Å². The molecule has 1 unspecified atom stereocenters. The highest BCUT2D eigenvalue weighted by molar-refractivity contribution is 5.79. The predicted octanol–water partition coefficient (Wildman–Crippen LogP) is 3.72. The average molecular weight is 299 g/mol.